The van der Waals surface area contributed by atoms with Crippen molar-refractivity contribution in [2.75, 3.05) is 13.2 Å². The molecule has 0 atom stereocenters. The Bertz CT molecular complexity index is 164. The van der Waals surface area contributed by atoms with Gasteiger partial charge in [-0.15, -0.1) is 12.3 Å². The molecule has 2 nitrogen and oxygen atoms in total. The van der Waals surface area contributed by atoms with Gasteiger partial charge < -0.3 is 9.47 Å². The zero-order valence-electron chi connectivity index (χ0n) is 9.64. The molecule has 0 aromatic heterocycles. The van der Waals surface area contributed by atoms with Gasteiger partial charge in [-0.2, -0.15) is 0 Å². The quantitative estimate of drug-likeness (QED) is 0.647. The fourth-order valence-corrected chi connectivity index (χ4v) is 1.55. The molecule has 0 unspecified atom stereocenters. The van der Waals surface area contributed by atoms with Crippen LogP contribution in [-0.4, -0.2) is 19.0 Å². The van der Waals surface area contributed by atoms with Crippen LogP contribution in [0.2, 0.25) is 0 Å². The molecule has 0 amide bonds. The van der Waals surface area contributed by atoms with E-state index in [0.29, 0.717) is 13.2 Å². The topological polar surface area (TPSA) is 18.5 Å². The molecule has 2 heteroatoms. The monoisotopic (exact) mass is 198 g/mol. The smallest absolute Gasteiger partial charge is 0.169 e. The predicted octanol–water partition coefficient (Wildman–Crippen LogP) is 2.97. The molecule has 1 rings (SSSR count). The maximum Gasteiger partial charge on any atom is 0.169 e. The third-order valence-corrected chi connectivity index (χ3v) is 2.09. The van der Waals surface area contributed by atoms with Crippen molar-refractivity contribution in [3.63, 3.8) is 0 Å². The molecule has 0 spiro atoms. The van der Waals surface area contributed by atoms with E-state index in [1.807, 2.05) is 13.8 Å². The lowest BCUT2D eigenvalue weighted by Gasteiger charge is -2.25. The van der Waals surface area contributed by atoms with Crippen LogP contribution in [0.25, 0.3) is 0 Å². The predicted molar refractivity (Wildman–Crippen MR) is 59.0 cm³/mol. The van der Waals surface area contributed by atoms with Gasteiger partial charge in [-0.1, -0.05) is 27.2 Å². The highest BCUT2D eigenvalue weighted by atomic mass is 16.7. The van der Waals surface area contributed by atoms with Crippen molar-refractivity contribution in [1.29, 1.82) is 0 Å². The number of rotatable bonds is 4. The van der Waals surface area contributed by atoms with Crippen molar-refractivity contribution in [1.82, 2.24) is 0 Å². The summed E-state index contributed by atoms with van der Waals surface area (Å²) in [6, 6.07) is 0. The van der Waals surface area contributed by atoms with Crippen LogP contribution in [0.5, 0.6) is 0 Å². The minimum Gasteiger partial charge on any atom is -0.348 e. The highest BCUT2D eigenvalue weighted by molar-refractivity contribution is 4.87. The van der Waals surface area contributed by atoms with Gasteiger partial charge in [0.2, 0.25) is 0 Å². The summed E-state index contributed by atoms with van der Waals surface area (Å²) in [7, 11) is 0. The van der Waals surface area contributed by atoms with Crippen molar-refractivity contribution in [2.24, 2.45) is 0 Å². The third-order valence-electron chi connectivity index (χ3n) is 2.09. The normalized spacial score (nSPS) is 18.1. The second-order valence-corrected chi connectivity index (χ2v) is 3.06. The molecule has 1 aliphatic heterocycles. The Morgan fingerprint density at radius 3 is 2.21 bits per heavy atom. The van der Waals surface area contributed by atoms with Gasteiger partial charge in [0.1, 0.15) is 0 Å². The fourth-order valence-electron chi connectivity index (χ4n) is 1.55. The number of hydrogen-bond acceptors (Lipinski definition) is 2. The van der Waals surface area contributed by atoms with E-state index < -0.39 is 0 Å². The summed E-state index contributed by atoms with van der Waals surface area (Å²) in [5.74, 6) is 2.27. The summed E-state index contributed by atoms with van der Waals surface area (Å²) < 4.78 is 11.1. The van der Waals surface area contributed by atoms with Crippen molar-refractivity contribution in [3.05, 3.63) is 0 Å². The highest BCUT2D eigenvalue weighted by Crippen LogP contribution is 2.29. The molecule has 0 N–H and O–H groups in total. The van der Waals surface area contributed by atoms with Crippen molar-refractivity contribution in [2.45, 2.75) is 52.2 Å². The number of terminal acetylenes is 1. The SMILES string of the molecule is C#CCCC1(CCC)OCCO1.CC. The molecule has 0 aliphatic carbocycles. The number of ether oxygens (including phenoxy) is 2. The van der Waals surface area contributed by atoms with Crippen LogP contribution in [0, 0.1) is 12.3 Å². The Morgan fingerprint density at radius 2 is 1.79 bits per heavy atom. The maximum atomic E-state index is 5.57. The van der Waals surface area contributed by atoms with E-state index in [1.54, 1.807) is 0 Å². The van der Waals surface area contributed by atoms with Crippen LogP contribution in [0.3, 0.4) is 0 Å². The van der Waals surface area contributed by atoms with Gasteiger partial charge in [0, 0.05) is 19.3 Å². The van der Waals surface area contributed by atoms with Gasteiger partial charge in [0.25, 0.3) is 0 Å². The molecule has 0 aromatic carbocycles. The number of hydrogen-bond donors (Lipinski definition) is 0. The van der Waals surface area contributed by atoms with Crippen LogP contribution in [-0.2, 0) is 9.47 Å². The molecular weight excluding hydrogens is 176 g/mol. The largest absolute Gasteiger partial charge is 0.348 e. The molecule has 82 valence electrons. The van der Waals surface area contributed by atoms with Crippen LogP contribution in [0.4, 0.5) is 0 Å². The first-order valence-electron chi connectivity index (χ1n) is 5.54. The van der Waals surface area contributed by atoms with Gasteiger partial charge in [-0.25, -0.2) is 0 Å². The van der Waals surface area contributed by atoms with Gasteiger partial charge in [0.05, 0.1) is 13.2 Å². The van der Waals surface area contributed by atoms with E-state index in [0.717, 1.165) is 25.7 Å². The molecule has 1 heterocycles. The molecule has 1 saturated heterocycles. The maximum absolute atomic E-state index is 5.57. The van der Waals surface area contributed by atoms with Gasteiger partial charge in [-0.05, 0) is 0 Å². The zero-order chi connectivity index (χ0) is 10.9. The van der Waals surface area contributed by atoms with Gasteiger partial charge in [0.15, 0.2) is 5.79 Å². The highest BCUT2D eigenvalue weighted by Gasteiger charge is 2.34. The Labute approximate surface area is 88.0 Å². The first-order chi connectivity index (χ1) is 6.83. The van der Waals surface area contributed by atoms with Gasteiger partial charge >= 0.3 is 0 Å². The van der Waals surface area contributed by atoms with Crippen molar-refractivity contribution in [3.8, 4) is 12.3 Å². The fraction of sp³-hybridized carbons (Fsp3) is 0.833. The van der Waals surface area contributed by atoms with E-state index in [-0.39, 0.29) is 5.79 Å². The lowest BCUT2D eigenvalue weighted by atomic mass is 10.1. The first-order valence-corrected chi connectivity index (χ1v) is 5.54. The molecule has 0 bridgehead atoms. The summed E-state index contributed by atoms with van der Waals surface area (Å²) in [6.45, 7) is 7.55. The first kappa shape index (κ1) is 13.5. The summed E-state index contributed by atoms with van der Waals surface area (Å²) >= 11 is 0. The van der Waals surface area contributed by atoms with E-state index in [9.17, 15) is 0 Å². The Kier molecular flexibility index (Phi) is 7.55. The average Bonchev–Trinajstić information content (AvgIpc) is 2.68. The van der Waals surface area contributed by atoms with Gasteiger partial charge in [-0.3, -0.25) is 0 Å². The third kappa shape index (κ3) is 4.13. The summed E-state index contributed by atoms with van der Waals surface area (Å²) in [6.07, 6.45) is 8.79. The van der Waals surface area contributed by atoms with Crippen LogP contribution < -0.4 is 0 Å². The van der Waals surface area contributed by atoms with Crippen LogP contribution in [0.15, 0.2) is 0 Å². The Hall–Kier alpha value is -0.520. The summed E-state index contributed by atoms with van der Waals surface area (Å²) in [5, 5.41) is 0. The summed E-state index contributed by atoms with van der Waals surface area (Å²) in [4.78, 5) is 0. The molecular formula is C12H22O2. The molecule has 0 radical (unpaired) electrons. The van der Waals surface area contributed by atoms with E-state index in [4.69, 9.17) is 15.9 Å². The molecule has 0 saturated carbocycles. The minimum atomic E-state index is -0.346. The van der Waals surface area contributed by atoms with Crippen molar-refractivity contribution >= 4 is 0 Å². The Morgan fingerprint density at radius 1 is 1.21 bits per heavy atom. The average molecular weight is 198 g/mol. The second kappa shape index (κ2) is 7.84. The molecule has 0 aromatic rings. The van der Waals surface area contributed by atoms with Crippen molar-refractivity contribution < 1.29 is 9.47 Å². The Balaban J connectivity index is 0.000000791. The second-order valence-electron chi connectivity index (χ2n) is 3.06. The molecule has 14 heavy (non-hydrogen) atoms. The lowest BCUT2D eigenvalue weighted by molar-refractivity contribution is -0.165. The standard InChI is InChI=1S/C10H16O2.C2H6/c1-3-5-7-10(6-4-2)11-8-9-12-10;1-2/h1H,4-9H2,2H3;1-2H3. The lowest BCUT2D eigenvalue weighted by Crippen LogP contribution is -2.29. The molecule has 1 aliphatic rings. The zero-order valence-corrected chi connectivity index (χ0v) is 9.64. The van der Waals surface area contributed by atoms with Crippen LogP contribution >= 0.6 is 0 Å². The van der Waals surface area contributed by atoms with E-state index in [2.05, 4.69) is 12.8 Å². The van der Waals surface area contributed by atoms with Crippen LogP contribution in [0.1, 0.15) is 46.5 Å². The summed E-state index contributed by atoms with van der Waals surface area (Å²) in [5.41, 5.74) is 0. The van der Waals surface area contributed by atoms with E-state index >= 15 is 0 Å². The van der Waals surface area contributed by atoms with E-state index in [1.165, 1.54) is 0 Å². The molecule has 1 fully saturated rings. The minimum absolute atomic E-state index is 0.346.